The Kier molecular flexibility index (Phi) is 7.02. The van der Waals surface area contributed by atoms with Crippen LogP contribution in [0.15, 0.2) is 53.6 Å². The average Bonchev–Trinajstić information content (AvgIpc) is 2.77. The molecule has 8 heteroatoms. The van der Waals surface area contributed by atoms with Crippen LogP contribution in [0.25, 0.3) is 0 Å². The van der Waals surface area contributed by atoms with E-state index in [2.05, 4.69) is 10.6 Å². The van der Waals surface area contributed by atoms with E-state index in [-0.39, 0.29) is 24.1 Å². The number of hydrogen-bond acceptors (Lipinski definition) is 6. The number of amides is 2. The fourth-order valence-corrected chi connectivity index (χ4v) is 3.45. The number of anilines is 1. The van der Waals surface area contributed by atoms with Crippen molar-refractivity contribution >= 4 is 29.3 Å². The summed E-state index contributed by atoms with van der Waals surface area (Å²) in [5.74, 6) is 1.51. The summed E-state index contributed by atoms with van der Waals surface area (Å²) in [6.45, 7) is 0.723. The van der Waals surface area contributed by atoms with Gasteiger partial charge in [0.2, 0.25) is 0 Å². The van der Waals surface area contributed by atoms with Gasteiger partial charge < -0.3 is 24.8 Å². The van der Waals surface area contributed by atoms with E-state index in [9.17, 15) is 9.59 Å². The number of benzene rings is 2. The van der Waals surface area contributed by atoms with Gasteiger partial charge in [0.05, 0.1) is 32.1 Å². The molecular weight excluding hydrogens is 392 g/mol. The minimum Gasteiger partial charge on any atom is -0.493 e. The maximum atomic E-state index is 12.8. The summed E-state index contributed by atoms with van der Waals surface area (Å²) in [5.41, 5.74) is 1.54. The molecule has 1 aliphatic rings. The Morgan fingerprint density at radius 1 is 1.07 bits per heavy atom. The molecule has 0 atom stereocenters. The fraction of sp³-hybridized carbons (Fsp3) is 0.238. The third kappa shape index (κ3) is 5.03. The molecule has 7 nitrogen and oxygen atoms in total. The molecule has 2 aromatic rings. The smallest absolute Gasteiger partial charge is 0.291 e. The second kappa shape index (κ2) is 9.88. The second-order valence-corrected chi connectivity index (χ2v) is 7.01. The van der Waals surface area contributed by atoms with Crippen LogP contribution in [0.4, 0.5) is 5.69 Å². The maximum absolute atomic E-state index is 12.8. The van der Waals surface area contributed by atoms with E-state index >= 15 is 0 Å². The van der Waals surface area contributed by atoms with Crippen molar-refractivity contribution in [3.8, 4) is 11.5 Å². The van der Waals surface area contributed by atoms with Gasteiger partial charge in [0.15, 0.2) is 17.3 Å². The molecule has 3 rings (SSSR count). The number of carbonyl (C=O) groups excluding carboxylic acids is 2. The van der Waals surface area contributed by atoms with Crippen LogP contribution < -0.4 is 20.1 Å². The summed E-state index contributed by atoms with van der Waals surface area (Å²) < 4.78 is 16.0. The van der Waals surface area contributed by atoms with Crippen molar-refractivity contribution in [1.29, 1.82) is 0 Å². The van der Waals surface area contributed by atoms with E-state index in [0.29, 0.717) is 29.4 Å². The van der Waals surface area contributed by atoms with Crippen LogP contribution >= 0.6 is 11.8 Å². The summed E-state index contributed by atoms with van der Waals surface area (Å²) in [5, 5.41) is 7.28. The summed E-state index contributed by atoms with van der Waals surface area (Å²) in [6, 6.07) is 12.3. The molecule has 0 radical (unpaired) electrons. The largest absolute Gasteiger partial charge is 0.493 e. The molecule has 0 bridgehead atoms. The highest BCUT2D eigenvalue weighted by Gasteiger charge is 2.18. The molecule has 0 aromatic heterocycles. The number of ether oxygens (including phenoxy) is 3. The van der Waals surface area contributed by atoms with Gasteiger partial charge in [0, 0.05) is 23.3 Å². The van der Waals surface area contributed by atoms with Crippen molar-refractivity contribution < 1.29 is 23.8 Å². The van der Waals surface area contributed by atoms with Crippen LogP contribution in [0.1, 0.15) is 15.9 Å². The molecule has 152 valence electrons. The van der Waals surface area contributed by atoms with Gasteiger partial charge in [-0.05, 0) is 18.2 Å². The van der Waals surface area contributed by atoms with E-state index in [1.807, 2.05) is 12.1 Å². The lowest BCUT2D eigenvalue weighted by Crippen LogP contribution is -2.26. The number of hydrogen-bond donors (Lipinski definition) is 2. The van der Waals surface area contributed by atoms with Crippen LogP contribution in [-0.2, 0) is 16.1 Å². The molecule has 29 heavy (non-hydrogen) atoms. The normalized spacial score (nSPS) is 13.0. The zero-order valence-electron chi connectivity index (χ0n) is 16.2. The predicted molar refractivity (Wildman–Crippen MR) is 112 cm³/mol. The van der Waals surface area contributed by atoms with Crippen molar-refractivity contribution in [3.05, 3.63) is 64.8 Å². The van der Waals surface area contributed by atoms with Gasteiger partial charge in [-0.3, -0.25) is 9.59 Å². The molecule has 0 aliphatic carbocycles. The van der Waals surface area contributed by atoms with Gasteiger partial charge in [-0.2, -0.15) is 0 Å². The molecule has 2 aromatic carbocycles. The minimum atomic E-state index is -0.382. The number of nitrogens with one attached hydrogen (secondary N) is 2. The number of carbonyl (C=O) groups is 2. The highest BCUT2D eigenvalue weighted by molar-refractivity contribution is 8.02. The summed E-state index contributed by atoms with van der Waals surface area (Å²) >= 11 is 1.52. The van der Waals surface area contributed by atoms with Crippen molar-refractivity contribution in [3.63, 3.8) is 0 Å². The first-order valence-electron chi connectivity index (χ1n) is 8.97. The zero-order valence-corrected chi connectivity index (χ0v) is 17.0. The minimum absolute atomic E-state index is 0.242. The first-order valence-corrected chi connectivity index (χ1v) is 10.0. The van der Waals surface area contributed by atoms with Gasteiger partial charge in [-0.1, -0.05) is 24.3 Å². The first-order chi connectivity index (χ1) is 14.1. The molecule has 0 fully saturated rings. The molecule has 1 aliphatic heterocycles. The van der Waals surface area contributed by atoms with Crippen LogP contribution in [0.3, 0.4) is 0 Å². The van der Waals surface area contributed by atoms with Crippen LogP contribution in [0, 0.1) is 0 Å². The van der Waals surface area contributed by atoms with Crippen molar-refractivity contribution in [1.82, 2.24) is 5.32 Å². The fourth-order valence-electron chi connectivity index (χ4n) is 2.83. The highest BCUT2D eigenvalue weighted by Crippen LogP contribution is 2.30. The summed E-state index contributed by atoms with van der Waals surface area (Å²) in [4.78, 5) is 25.2. The van der Waals surface area contributed by atoms with E-state index < -0.39 is 0 Å². The standard InChI is InChI=1S/C21H22N2O5S/c1-26-17-9-5-6-14(19(17)27-2)12-22-20(24)15-7-3-4-8-16(15)23-21(25)18-13-29-11-10-28-18/h3-9,13H,10-12H2,1-2H3,(H,22,24)(H,23,25). The highest BCUT2D eigenvalue weighted by atomic mass is 32.2. The lowest BCUT2D eigenvalue weighted by atomic mass is 10.1. The topological polar surface area (TPSA) is 85.9 Å². The van der Waals surface area contributed by atoms with Crippen LogP contribution in [0.2, 0.25) is 0 Å². The van der Waals surface area contributed by atoms with Crippen molar-refractivity contribution in [2.45, 2.75) is 6.54 Å². The Morgan fingerprint density at radius 3 is 2.62 bits per heavy atom. The van der Waals surface area contributed by atoms with E-state index in [0.717, 1.165) is 11.3 Å². The molecule has 0 saturated heterocycles. The van der Waals surface area contributed by atoms with E-state index in [1.54, 1.807) is 50.0 Å². The van der Waals surface area contributed by atoms with E-state index in [1.165, 1.54) is 11.8 Å². The van der Waals surface area contributed by atoms with Gasteiger partial charge >= 0.3 is 0 Å². The molecule has 2 amide bonds. The quantitative estimate of drug-likeness (QED) is 0.724. The molecule has 0 spiro atoms. The van der Waals surface area contributed by atoms with Gasteiger partial charge in [-0.25, -0.2) is 0 Å². The SMILES string of the molecule is COc1cccc(CNC(=O)c2ccccc2NC(=O)C2=CSCCO2)c1OC. The maximum Gasteiger partial charge on any atom is 0.291 e. The lowest BCUT2D eigenvalue weighted by Gasteiger charge is -2.16. The second-order valence-electron chi connectivity index (χ2n) is 6.04. The molecule has 2 N–H and O–H groups in total. The third-order valence-electron chi connectivity index (χ3n) is 4.22. The monoisotopic (exact) mass is 414 g/mol. The van der Waals surface area contributed by atoms with Crippen LogP contribution in [0.5, 0.6) is 11.5 Å². The lowest BCUT2D eigenvalue weighted by molar-refractivity contribution is -0.116. The molecule has 0 unspecified atom stereocenters. The molecule has 0 saturated carbocycles. The van der Waals surface area contributed by atoms with Gasteiger partial charge in [0.25, 0.3) is 11.8 Å². The number of para-hydroxylation sites is 2. The summed E-state index contributed by atoms with van der Waals surface area (Å²) in [7, 11) is 3.11. The number of thioether (sulfide) groups is 1. The Labute approximate surface area is 173 Å². The first kappa shape index (κ1) is 20.6. The molecular formula is C21H22N2O5S. The van der Waals surface area contributed by atoms with Gasteiger partial charge in [0.1, 0.15) is 0 Å². The van der Waals surface area contributed by atoms with E-state index in [4.69, 9.17) is 14.2 Å². The number of rotatable bonds is 7. The number of methoxy groups -OCH3 is 2. The zero-order chi connectivity index (χ0) is 20.6. The average molecular weight is 414 g/mol. The Morgan fingerprint density at radius 2 is 1.90 bits per heavy atom. The molecule has 1 heterocycles. The van der Waals surface area contributed by atoms with Crippen LogP contribution in [-0.4, -0.2) is 38.4 Å². The predicted octanol–water partition coefficient (Wildman–Crippen LogP) is 3.18. The Balaban J connectivity index is 1.72. The third-order valence-corrected chi connectivity index (χ3v) is 5.00. The van der Waals surface area contributed by atoms with Crippen molar-refractivity contribution in [2.24, 2.45) is 0 Å². The Bertz CT molecular complexity index is 929. The summed E-state index contributed by atoms with van der Waals surface area (Å²) in [6.07, 6.45) is 0. The Hall–Kier alpha value is -3.13. The van der Waals surface area contributed by atoms with Gasteiger partial charge in [-0.15, -0.1) is 11.8 Å². The van der Waals surface area contributed by atoms with Crippen molar-refractivity contribution in [2.75, 3.05) is 31.9 Å².